The number of hydrogen-bond donors (Lipinski definition) is 2. The number of thioether (sulfide) groups is 1. The van der Waals surface area contributed by atoms with E-state index in [1.165, 1.54) is 48.5 Å². The first-order valence-corrected chi connectivity index (χ1v) is 10.9. The Morgan fingerprint density at radius 3 is 2.61 bits per heavy atom. The lowest BCUT2D eigenvalue weighted by molar-refractivity contribution is -0.113. The number of aryl methyl sites for hydroxylation is 1. The van der Waals surface area contributed by atoms with E-state index in [4.69, 9.17) is 5.84 Å². The van der Waals surface area contributed by atoms with Crippen LogP contribution in [0.15, 0.2) is 29.4 Å². The van der Waals surface area contributed by atoms with E-state index in [9.17, 15) is 4.79 Å². The highest BCUT2D eigenvalue weighted by Gasteiger charge is 2.17. The molecule has 1 aliphatic rings. The monoisotopic (exact) mass is 402 g/mol. The van der Waals surface area contributed by atoms with Crippen molar-refractivity contribution in [2.75, 3.05) is 35.9 Å². The Bertz CT molecular complexity index is 768. The highest BCUT2D eigenvalue weighted by molar-refractivity contribution is 7.99. The van der Waals surface area contributed by atoms with Crippen molar-refractivity contribution >= 4 is 29.0 Å². The van der Waals surface area contributed by atoms with Crippen molar-refractivity contribution in [2.45, 2.75) is 50.1 Å². The lowest BCUT2D eigenvalue weighted by atomic mass is 9.86. The smallest absolute Gasteiger partial charge is 0.234 e. The van der Waals surface area contributed by atoms with E-state index in [1.54, 1.807) is 0 Å². The quantitative estimate of drug-likeness (QED) is 0.520. The maximum atomic E-state index is 12.2. The summed E-state index contributed by atoms with van der Waals surface area (Å²) in [4.78, 5) is 14.2. The predicted molar refractivity (Wildman–Crippen MR) is 115 cm³/mol. The summed E-state index contributed by atoms with van der Waals surface area (Å²) in [6, 6.07) is 7.73. The molecule has 1 aromatic heterocycles. The van der Waals surface area contributed by atoms with Gasteiger partial charge in [-0.15, -0.1) is 10.2 Å². The summed E-state index contributed by atoms with van der Waals surface area (Å²) in [7, 11) is 3.97. The van der Waals surface area contributed by atoms with Crippen LogP contribution in [0.25, 0.3) is 0 Å². The van der Waals surface area contributed by atoms with Gasteiger partial charge in [-0.3, -0.25) is 4.79 Å². The first kappa shape index (κ1) is 20.5. The number of hydrogen-bond acceptors (Lipinski definition) is 6. The molecule has 1 saturated carbocycles. The second-order valence-electron chi connectivity index (χ2n) is 7.59. The molecule has 1 heterocycles. The van der Waals surface area contributed by atoms with Crippen LogP contribution in [0.3, 0.4) is 0 Å². The predicted octanol–water partition coefficient (Wildman–Crippen LogP) is 3.30. The molecule has 1 amide bonds. The van der Waals surface area contributed by atoms with Crippen LogP contribution < -0.4 is 16.1 Å². The normalized spacial score (nSPS) is 14.8. The Labute approximate surface area is 171 Å². The minimum atomic E-state index is -0.0886. The van der Waals surface area contributed by atoms with Gasteiger partial charge in [-0.25, -0.2) is 4.68 Å². The zero-order valence-electron chi connectivity index (χ0n) is 16.7. The standard InChI is InChI=1S/C20H30N6OS/c1-25(2)17-11-9-16(10-12-17)22-19(27)14-28-20-24-23-18(26(20)21)13-8-15-6-4-3-5-7-15/h9-12,15H,3-8,13-14,21H2,1-2H3,(H,22,27). The molecule has 0 bridgehead atoms. The fourth-order valence-electron chi connectivity index (χ4n) is 3.56. The third-order valence-corrected chi connectivity index (χ3v) is 6.18. The number of benzene rings is 1. The highest BCUT2D eigenvalue weighted by Crippen LogP contribution is 2.27. The van der Waals surface area contributed by atoms with Gasteiger partial charge in [0.25, 0.3) is 0 Å². The molecule has 0 radical (unpaired) electrons. The highest BCUT2D eigenvalue weighted by atomic mass is 32.2. The molecule has 7 nitrogen and oxygen atoms in total. The van der Waals surface area contributed by atoms with Gasteiger partial charge in [0.1, 0.15) is 0 Å². The summed E-state index contributed by atoms with van der Waals surface area (Å²) >= 11 is 1.31. The van der Waals surface area contributed by atoms with Crippen molar-refractivity contribution < 1.29 is 4.79 Å². The van der Waals surface area contributed by atoms with E-state index in [0.29, 0.717) is 5.16 Å². The molecule has 0 unspecified atom stereocenters. The molecule has 3 rings (SSSR count). The van der Waals surface area contributed by atoms with Crippen molar-refractivity contribution in [3.05, 3.63) is 30.1 Å². The summed E-state index contributed by atoms with van der Waals surface area (Å²) in [5, 5.41) is 11.9. The molecule has 0 atom stereocenters. The lowest BCUT2D eigenvalue weighted by Crippen LogP contribution is -2.18. The Morgan fingerprint density at radius 1 is 1.21 bits per heavy atom. The number of anilines is 2. The van der Waals surface area contributed by atoms with E-state index in [2.05, 4.69) is 15.5 Å². The Hall–Kier alpha value is -2.22. The molecule has 1 aromatic carbocycles. The molecule has 8 heteroatoms. The van der Waals surface area contributed by atoms with Crippen molar-refractivity contribution in [3.63, 3.8) is 0 Å². The van der Waals surface area contributed by atoms with Gasteiger partial charge in [-0.05, 0) is 36.6 Å². The van der Waals surface area contributed by atoms with Gasteiger partial charge in [0.2, 0.25) is 11.1 Å². The molecule has 0 aliphatic heterocycles. The molecule has 2 aromatic rings. The second-order valence-corrected chi connectivity index (χ2v) is 8.53. The maximum absolute atomic E-state index is 12.2. The molecule has 28 heavy (non-hydrogen) atoms. The lowest BCUT2D eigenvalue weighted by Gasteiger charge is -2.20. The van der Waals surface area contributed by atoms with Crippen LogP contribution in [0.5, 0.6) is 0 Å². The van der Waals surface area contributed by atoms with Gasteiger partial charge >= 0.3 is 0 Å². The fourth-order valence-corrected chi connectivity index (χ4v) is 4.23. The maximum Gasteiger partial charge on any atom is 0.234 e. The summed E-state index contributed by atoms with van der Waals surface area (Å²) in [5.74, 6) is 7.87. The number of amides is 1. The summed E-state index contributed by atoms with van der Waals surface area (Å²) in [6.07, 6.45) is 8.64. The molecule has 152 valence electrons. The van der Waals surface area contributed by atoms with Crippen molar-refractivity contribution in [1.29, 1.82) is 0 Å². The van der Waals surface area contributed by atoms with Crippen molar-refractivity contribution in [1.82, 2.24) is 14.9 Å². The number of rotatable bonds is 8. The number of carbonyl (C=O) groups is 1. The first-order valence-electron chi connectivity index (χ1n) is 9.92. The van der Waals surface area contributed by atoms with Crippen molar-refractivity contribution in [2.24, 2.45) is 5.92 Å². The Balaban J connectivity index is 1.46. The van der Waals surface area contributed by atoms with Crippen LogP contribution in [-0.2, 0) is 11.2 Å². The first-order chi connectivity index (χ1) is 13.5. The van der Waals surface area contributed by atoms with E-state index in [1.807, 2.05) is 43.3 Å². The zero-order chi connectivity index (χ0) is 19.9. The molecule has 1 fully saturated rings. The second kappa shape index (κ2) is 9.82. The van der Waals surface area contributed by atoms with Crippen LogP contribution in [0.2, 0.25) is 0 Å². The molecule has 3 N–H and O–H groups in total. The molecule has 0 saturated heterocycles. The minimum Gasteiger partial charge on any atom is -0.378 e. The molecular formula is C20H30N6OS. The summed E-state index contributed by atoms with van der Waals surface area (Å²) in [5.41, 5.74) is 1.86. The number of nitrogens with one attached hydrogen (secondary N) is 1. The number of carbonyl (C=O) groups excluding carboxylic acids is 1. The Morgan fingerprint density at radius 2 is 1.93 bits per heavy atom. The van der Waals surface area contributed by atoms with Gasteiger partial charge in [0, 0.05) is 31.9 Å². The third-order valence-electron chi connectivity index (χ3n) is 5.24. The van der Waals surface area contributed by atoms with E-state index >= 15 is 0 Å². The van der Waals surface area contributed by atoms with Crippen LogP contribution >= 0.6 is 11.8 Å². The molecule has 0 spiro atoms. The average molecular weight is 403 g/mol. The molecule has 1 aliphatic carbocycles. The Kier molecular flexibility index (Phi) is 7.19. The largest absolute Gasteiger partial charge is 0.378 e. The average Bonchev–Trinajstić information content (AvgIpc) is 3.05. The van der Waals surface area contributed by atoms with Gasteiger partial charge < -0.3 is 16.1 Å². The number of nitrogens with zero attached hydrogens (tertiary/aromatic N) is 4. The van der Waals surface area contributed by atoms with Crippen molar-refractivity contribution in [3.8, 4) is 0 Å². The van der Waals surface area contributed by atoms with Crippen LogP contribution in [0, 0.1) is 5.92 Å². The van der Waals surface area contributed by atoms with Crippen LogP contribution in [0.4, 0.5) is 11.4 Å². The van der Waals surface area contributed by atoms with E-state index in [-0.39, 0.29) is 11.7 Å². The number of aromatic nitrogens is 3. The van der Waals surface area contributed by atoms with Crippen LogP contribution in [0.1, 0.15) is 44.3 Å². The molecular weight excluding hydrogens is 372 g/mol. The van der Waals surface area contributed by atoms with Gasteiger partial charge in [-0.1, -0.05) is 43.9 Å². The SMILES string of the molecule is CN(C)c1ccc(NC(=O)CSc2nnc(CCC3CCCCC3)n2N)cc1. The number of nitrogens with two attached hydrogens (primary N) is 1. The fraction of sp³-hybridized carbons (Fsp3) is 0.550. The topological polar surface area (TPSA) is 89.1 Å². The summed E-state index contributed by atoms with van der Waals surface area (Å²) in [6.45, 7) is 0. The third kappa shape index (κ3) is 5.64. The van der Waals surface area contributed by atoms with Gasteiger partial charge in [-0.2, -0.15) is 0 Å². The zero-order valence-corrected chi connectivity index (χ0v) is 17.5. The van der Waals surface area contributed by atoms with E-state index < -0.39 is 0 Å². The van der Waals surface area contributed by atoms with Crippen LogP contribution in [-0.4, -0.2) is 40.6 Å². The number of nitrogen functional groups attached to an aromatic ring is 1. The minimum absolute atomic E-state index is 0.0886. The van der Waals surface area contributed by atoms with Gasteiger partial charge in [0.15, 0.2) is 5.82 Å². The van der Waals surface area contributed by atoms with E-state index in [0.717, 1.165) is 36.0 Å². The van der Waals surface area contributed by atoms with Gasteiger partial charge in [0.05, 0.1) is 5.75 Å². The summed E-state index contributed by atoms with van der Waals surface area (Å²) < 4.78 is 1.53.